The van der Waals surface area contributed by atoms with Gasteiger partial charge in [0.05, 0.1) is 17.7 Å². The van der Waals surface area contributed by atoms with E-state index >= 15 is 0 Å². The summed E-state index contributed by atoms with van der Waals surface area (Å²) in [6.45, 7) is 0. The topological polar surface area (TPSA) is 66.9 Å². The second-order valence-electron chi connectivity index (χ2n) is 2.81. The minimum Gasteiger partial charge on any atom is -0.321 e. The van der Waals surface area contributed by atoms with Crippen molar-refractivity contribution in [3.8, 4) is 6.07 Å². The van der Waals surface area contributed by atoms with Gasteiger partial charge in [-0.05, 0) is 24.1 Å². The Morgan fingerprint density at radius 3 is 2.54 bits per heavy atom. The van der Waals surface area contributed by atoms with Crippen LogP contribution in [0.15, 0.2) is 24.3 Å². The van der Waals surface area contributed by atoms with Crippen molar-refractivity contribution in [3.63, 3.8) is 0 Å². The van der Waals surface area contributed by atoms with Crippen molar-refractivity contribution < 1.29 is 4.79 Å². The summed E-state index contributed by atoms with van der Waals surface area (Å²) in [6.07, 6.45) is 1.24. The van der Waals surface area contributed by atoms with Crippen LogP contribution in [0, 0.1) is 11.3 Å². The van der Waals surface area contributed by atoms with E-state index in [4.69, 9.17) is 11.0 Å². The molecule has 0 amide bonds. The Hall–Kier alpha value is -1.66. The Morgan fingerprint density at radius 1 is 1.46 bits per heavy atom. The van der Waals surface area contributed by atoms with E-state index in [1.807, 2.05) is 18.2 Å². The van der Waals surface area contributed by atoms with Gasteiger partial charge in [-0.3, -0.25) is 0 Å². The number of hydrogen-bond acceptors (Lipinski definition) is 3. The fourth-order valence-corrected chi connectivity index (χ4v) is 1.04. The predicted octanol–water partition coefficient (Wildman–Crippen LogP) is 0.627. The standard InChI is InChI=1S/C10H10N2O/c11-6-9-3-1-8(2-4-9)5-10(12)7-13/h1-4,7,10H,5,12H2. The van der Waals surface area contributed by atoms with Crippen LogP contribution in [0.5, 0.6) is 0 Å². The van der Waals surface area contributed by atoms with Crippen LogP contribution in [-0.4, -0.2) is 12.3 Å². The maximum Gasteiger partial charge on any atom is 0.137 e. The van der Waals surface area contributed by atoms with Crippen LogP contribution in [-0.2, 0) is 11.2 Å². The zero-order chi connectivity index (χ0) is 9.68. The Kier molecular flexibility index (Phi) is 3.18. The first-order valence-corrected chi connectivity index (χ1v) is 3.96. The van der Waals surface area contributed by atoms with E-state index in [1.54, 1.807) is 12.1 Å². The van der Waals surface area contributed by atoms with Crippen LogP contribution in [0.4, 0.5) is 0 Å². The van der Waals surface area contributed by atoms with Crippen LogP contribution >= 0.6 is 0 Å². The van der Waals surface area contributed by atoms with Crippen LogP contribution in [0.25, 0.3) is 0 Å². The van der Waals surface area contributed by atoms with Crippen molar-refractivity contribution in [1.82, 2.24) is 0 Å². The quantitative estimate of drug-likeness (QED) is 0.683. The highest BCUT2D eigenvalue weighted by molar-refractivity contribution is 5.57. The first-order chi connectivity index (χ1) is 6.26. The first kappa shape index (κ1) is 9.43. The molecule has 1 aromatic rings. The van der Waals surface area contributed by atoms with E-state index < -0.39 is 6.04 Å². The Balaban J connectivity index is 2.70. The summed E-state index contributed by atoms with van der Waals surface area (Å²) < 4.78 is 0. The van der Waals surface area contributed by atoms with E-state index in [2.05, 4.69) is 0 Å². The lowest BCUT2D eigenvalue weighted by atomic mass is 10.1. The third-order valence-electron chi connectivity index (χ3n) is 1.73. The summed E-state index contributed by atoms with van der Waals surface area (Å²) in [5, 5.41) is 8.53. The van der Waals surface area contributed by atoms with Crippen molar-refractivity contribution >= 4 is 6.29 Å². The molecular weight excluding hydrogens is 164 g/mol. The zero-order valence-electron chi connectivity index (χ0n) is 7.10. The van der Waals surface area contributed by atoms with Gasteiger partial charge in [0, 0.05) is 0 Å². The molecule has 3 nitrogen and oxygen atoms in total. The molecular formula is C10H10N2O. The van der Waals surface area contributed by atoms with E-state index in [0.29, 0.717) is 12.0 Å². The second-order valence-corrected chi connectivity index (χ2v) is 2.81. The molecule has 0 aliphatic carbocycles. The fraction of sp³-hybridized carbons (Fsp3) is 0.200. The van der Waals surface area contributed by atoms with E-state index in [9.17, 15) is 4.79 Å². The molecule has 2 N–H and O–H groups in total. The molecule has 0 aromatic heterocycles. The molecule has 0 fully saturated rings. The summed E-state index contributed by atoms with van der Waals surface area (Å²) in [5.41, 5.74) is 7.03. The average molecular weight is 174 g/mol. The molecule has 0 heterocycles. The number of hydrogen-bond donors (Lipinski definition) is 1. The summed E-state index contributed by atoms with van der Waals surface area (Å²) in [4.78, 5) is 10.3. The van der Waals surface area contributed by atoms with Crippen molar-refractivity contribution in [3.05, 3.63) is 35.4 Å². The molecule has 0 radical (unpaired) electrons. The van der Waals surface area contributed by atoms with Crippen LogP contribution < -0.4 is 5.73 Å². The number of nitrogens with zero attached hydrogens (tertiary/aromatic N) is 1. The molecule has 0 spiro atoms. The number of nitriles is 1. The molecule has 66 valence electrons. The predicted molar refractivity (Wildman–Crippen MR) is 48.9 cm³/mol. The molecule has 0 aliphatic heterocycles. The lowest BCUT2D eigenvalue weighted by Crippen LogP contribution is -2.23. The minimum atomic E-state index is -0.451. The van der Waals surface area contributed by atoms with Crippen molar-refractivity contribution in [2.24, 2.45) is 5.73 Å². The molecule has 0 saturated heterocycles. The highest BCUT2D eigenvalue weighted by Crippen LogP contribution is 2.04. The van der Waals surface area contributed by atoms with Gasteiger partial charge in [-0.1, -0.05) is 12.1 Å². The van der Waals surface area contributed by atoms with Gasteiger partial charge in [-0.15, -0.1) is 0 Å². The molecule has 3 heteroatoms. The van der Waals surface area contributed by atoms with Crippen molar-refractivity contribution in [2.45, 2.75) is 12.5 Å². The average Bonchev–Trinajstić information content (AvgIpc) is 2.19. The summed E-state index contributed by atoms with van der Waals surface area (Å²) in [7, 11) is 0. The number of nitrogens with two attached hydrogens (primary N) is 1. The third kappa shape index (κ3) is 2.69. The van der Waals surface area contributed by atoms with Gasteiger partial charge in [0.1, 0.15) is 6.29 Å². The first-order valence-electron chi connectivity index (χ1n) is 3.96. The molecule has 1 atom stereocenters. The van der Waals surface area contributed by atoms with Gasteiger partial charge in [0.2, 0.25) is 0 Å². The van der Waals surface area contributed by atoms with Crippen LogP contribution in [0.3, 0.4) is 0 Å². The zero-order valence-corrected chi connectivity index (χ0v) is 7.10. The number of benzene rings is 1. The molecule has 0 bridgehead atoms. The monoisotopic (exact) mass is 174 g/mol. The van der Waals surface area contributed by atoms with Crippen LogP contribution in [0.2, 0.25) is 0 Å². The highest BCUT2D eigenvalue weighted by atomic mass is 16.1. The van der Waals surface area contributed by atoms with E-state index in [-0.39, 0.29) is 0 Å². The fourth-order valence-electron chi connectivity index (χ4n) is 1.04. The van der Waals surface area contributed by atoms with Gasteiger partial charge < -0.3 is 10.5 Å². The molecule has 0 saturated carbocycles. The maximum absolute atomic E-state index is 10.3. The molecule has 1 aromatic carbocycles. The number of carbonyl (C=O) groups is 1. The third-order valence-corrected chi connectivity index (χ3v) is 1.73. The van der Waals surface area contributed by atoms with Crippen molar-refractivity contribution in [2.75, 3.05) is 0 Å². The smallest absolute Gasteiger partial charge is 0.137 e. The maximum atomic E-state index is 10.3. The summed E-state index contributed by atoms with van der Waals surface area (Å²) in [6, 6.07) is 8.61. The minimum absolute atomic E-state index is 0.451. The van der Waals surface area contributed by atoms with Gasteiger partial charge in [0.15, 0.2) is 0 Å². The summed E-state index contributed by atoms with van der Waals surface area (Å²) in [5.74, 6) is 0. The Labute approximate surface area is 76.8 Å². The largest absolute Gasteiger partial charge is 0.321 e. The highest BCUT2D eigenvalue weighted by Gasteiger charge is 2.01. The Morgan fingerprint density at radius 2 is 2.08 bits per heavy atom. The number of carbonyl (C=O) groups excluding carboxylic acids is 1. The number of aldehydes is 1. The molecule has 1 rings (SSSR count). The number of rotatable bonds is 3. The van der Waals surface area contributed by atoms with E-state index in [1.165, 1.54) is 0 Å². The summed E-state index contributed by atoms with van der Waals surface area (Å²) >= 11 is 0. The Bertz CT molecular complexity index is 324. The van der Waals surface area contributed by atoms with Crippen LogP contribution in [0.1, 0.15) is 11.1 Å². The van der Waals surface area contributed by atoms with Gasteiger partial charge in [-0.2, -0.15) is 5.26 Å². The molecule has 0 aliphatic rings. The second kappa shape index (κ2) is 4.39. The lowest BCUT2D eigenvalue weighted by molar-refractivity contribution is -0.108. The van der Waals surface area contributed by atoms with Gasteiger partial charge >= 0.3 is 0 Å². The normalized spacial score (nSPS) is 11.7. The molecule has 1 unspecified atom stereocenters. The SMILES string of the molecule is N#Cc1ccc(CC(N)C=O)cc1. The lowest BCUT2D eigenvalue weighted by Gasteiger charge is -2.02. The molecule has 13 heavy (non-hydrogen) atoms. The van der Waals surface area contributed by atoms with Gasteiger partial charge in [-0.25, -0.2) is 0 Å². The van der Waals surface area contributed by atoms with Gasteiger partial charge in [0.25, 0.3) is 0 Å². The van der Waals surface area contributed by atoms with E-state index in [0.717, 1.165) is 11.8 Å². The van der Waals surface area contributed by atoms with Crippen molar-refractivity contribution in [1.29, 1.82) is 5.26 Å².